The van der Waals surface area contributed by atoms with E-state index in [9.17, 15) is 9.59 Å². The molecule has 0 spiro atoms. The Morgan fingerprint density at radius 1 is 1.33 bits per heavy atom. The van der Waals surface area contributed by atoms with Crippen molar-refractivity contribution in [1.82, 2.24) is 20.0 Å². The predicted molar refractivity (Wildman–Crippen MR) is 90.7 cm³/mol. The van der Waals surface area contributed by atoms with Crippen molar-refractivity contribution in [3.63, 3.8) is 0 Å². The third kappa shape index (κ3) is 4.27. The lowest BCUT2D eigenvalue weighted by Gasteiger charge is -2.29. The van der Waals surface area contributed by atoms with Gasteiger partial charge in [0.2, 0.25) is 0 Å². The predicted octanol–water partition coefficient (Wildman–Crippen LogP) is 2.10. The molecular weight excluding hydrogens is 308 g/mol. The minimum absolute atomic E-state index is 0.147. The summed E-state index contributed by atoms with van der Waals surface area (Å²) in [6, 6.07) is 0. The highest BCUT2D eigenvalue weighted by atomic mass is 16.6. The average Bonchev–Trinajstić information content (AvgIpc) is 2.77. The molecule has 134 valence electrons. The van der Waals surface area contributed by atoms with Crippen LogP contribution in [0.4, 0.5) is 4.79 Å². The van der Waals surface area contributed by atoms with Crippen molar-refractivity contribution < 1.29 is 14.3 Å². The second-order valence-corrected chi connectivity index (χ2v) is 7.65. The molecular formula is C17H28N4O3. The Bertz CT molecular complexity index is 629. The van der Waals surface area contributed by atoms with Crippen LogP contribution in [0.25, 0.3) is 0 Å². The first-order valence-corrected chi connectivity index (χ1v) is 8.39. The summed E-state index contributed by atoms with van der Waals surface area (Å²) in [5, 5.41) is 7.37. The highest BCUT2D eigenvalue weighted by molar-refractivity contribution is 5.94. The molecule has 2 amide bonds. The Morgan fingerprint density at radius 2 is 2.00 bits per heavy atom. The van der Waals surface area contributed by atoms with Crippen LogP contribution in [-0.4, -0.2) is 45.4 Å². The van der Waals surface area contributed by atoms with E-state index >= 15 is 0 Å². The van der Waals surface area contributed by atoms with E-state index in [0.29, 0.717) is 37.7 Å². The molecule has 0 radical (unpaired) electrons. The number of aromatic nitrogens is 2. The molecule has 2 rings (SSSR count). The molecule has 0 fully saturated rings. The van der Waals surface area contributed by atoms with Crippen molar-refractivity contribution in [3.05, 3.63) is 17.0 Å². The van der Waals surface area contributed by atoms with Gasteiger partial charge in [-0.3, -0.25) is 9.48 Å². The number of ether oxygens (including phenoxy) is 1. The first kappa shape index (κ1) is 18.3. The van der Waals surface area contributed by atoms with Gasteiger partial charge in [-0.25, -0.2) is 4.79 Å². The first-order valence-electron chi connectivity index (χ1n) is 8.39. The van der Waals surface area contributed by atoms with Gasteiger partial charge in [0.05, 0.1) is 12.2 Å². The van der Waals surface area contributed by atoms with Gasteiger partial charge in [0, 0.05) is 32.1 Å². The standard InChI is InChI=1S/C17H28N4O3/c1-11(2)9-18-15(22)14-12-10-21(16(23)24-17(3,4)5)8-7-13(12)19-20(14)6/h11H,7-10H2,1-6H3,(H,18,22). The Labute approximate surface area is 143 Å². The van der Waals surface area contributed by atoms with Crippen molar-refractivity contribution in [2.75, 3.05) is 13.1 Å². The van der Waals surface area contributed by atoms with Gasteiger partial charge in [0.1, 0.15) is 11.3 Å². The topological polar surface area (TPSA) is 76.5 Å². The molecule has 24 heavy (non-hydrogen) atoms. The van der Waals surface area contributed by atoms with Gasteiger partial charge in [-0.15, -0.1) is 0 Å². The zero-order valence-electron chi connectivity index (χ0n) is 15.5. The molecule has 1 aromatic rings. The molecule has 0 bridgehead atoms. The highest BCUT2D eigenvalue weighted by Crippen LogP contribution is 2.23. The van der Waals surface area contributed by atoms with E-state index in [2.05, 4.69) is 10.4 Å². The van der Waals surface area contributed by atoms with Crippen LogP contribution in [0.1, 0.15) is 56.4 Å². The number of carbonyl (C=O) groups is 2. The second-order valence-electron chi connectivity index (χ2n) is 7.65. The maximum atomic E-state index is 12.5. The Kier molecular flexibility index (Phi) is 5.20. The van der Waals surface area contributed by atoms with E-state index in [4.69, 9.17) is 4.74 Å². The molecule has 1 N–H and O–H groups in total. The van der Waals surface area contributed by atoms with Crippen molar-refractivity contribution >= 4 is 12.0 Å². The van der Waals surface area contributed by atoms with Crippen molar-refractivity contribution in [1.29, 1.82) is 0 Å². The van der Waals surface area contributed by atoms with Gasteiger partial charge in [0.15, 0.2) is 0 Å². The van der Waals surface area contributed by atoms with E-state index in [1.54, 1.807) is 16.6 Å². The van der Waals surface area contributed by atoms with Crippen LogP contribution in [0.2, 0.25) is 0 Å². The Morgan fingerprint density at radius 3 is 2.58 bits per heavy atom. The van der Waals surface area contributed by atoms with E-state index in [-0.39, 0.29) is 12.0 Å². The van der Waals surface area contributed by atoms with Gasteiger partial charge in [0.25, 0.3) is 5.91 Å². The fourth-order valence-corrected chi connectivity index (χ4v) is 2.65. The maximum Gasteiger partial charge on any atom is 0.410 e. The molecule has 7 nitrogen and oxygen atoms in total. The number of nitrogens with one attached hydrogen (secondary N) is 1. The molecule has 0 atom stereocenters. The van der Waals surface area contributed by atoms with Crippen LogP contribution in [-0.2, 0) is 24.8 Å². The van der Waals surface area contributed by atoms with Crippen LogP contribution < -0.4 is 5.32 Å². The fourth-order valence-electron chi connectivity index (χ4n) is 2.65. The molecule has 2 heterocycles. The van der Waals surface area contributed by atoms with Crippen LogP contribution in [0.5, 0.6) is 0 Å². The molecule has 0 aliphatic carbocycles. The number of aryl methyl sites for hydroxylation is 1. The minimum Gasteiger partial charge on any atom is -0.444 e. The normalized spacial score (nSPS) is 14.5. The summed E-state index contributed by atoms with van der Waals surface area (Å²) in [6.07, 6.45) is 0.269. The SMILES string of the molecule is CC(C)CNC(=O)c1c2c(nn1C)CCN(C(=O)OC(C)(C)C)C2. The lowest BCUT2D eigenvalue weighted by Crippen LogP contribution is -2.40. The van der Waals surface area contributed by atoms with Crippen molar-refractivity contribution in [2.45, 2.75) is 53.2 Å². The molecule has 7 heteroatoms. The molecule has 1 aliphatic rings. The molecule has 0 saturated carbocycles. The molecule has 1 aromatic heterocycles. The summed E-state index contributed by atoms with van der Waals surface area (Å²) in [5.74, 6) is 0.224. The summed E-state index contributed by atoms with van der Waals surface area (Å²) in [7, 11) is 1.76. The summed E-state index contributed by atoms with van der Waals surface area (Å²) in [6.45, 7) is 11.1. The van der Waals surface area contributed by atoms with Gasteiger partial charge >= 0.3 is 6.09 Å². The van der Waals surface area contributed by atoms with Gasteiger partial charge in [-0.1, -0.05) is 13.8 Å². The highest BCUT2D eigenvalue weighted by Gasteiger charge is 2.31. The van der Waals surface area contributed by atoms with Crippen LogP contribution in [0, 0.1) is 5.92 Å². The zero-order valence-corrected chi connectivity index (χ0v) is 15.5. The van der Waals surface area contributed by atoms with Gasteiger partial charge in [-0.05, 0) is 26.7 Å². The van der Waals surface area contributed by atoms with Gasteiger partial charge in [-0.2, -0.15) is 5.10 Å². The Balaban J connectivity index is 2.18. The number of nitrogens with zero attached hydrogens (tertiary/aromatic N) is 3. The van der Waals surface area contributed by atoms with Gasteiger partial charge < -0.3 is 15.0 Å². The number of hydrogen-bond donors (Lipinski definition) is 1. The lowest BCUT2D eigenvalue weighted by atomic mass is 10.0. The molecule has 0 saturated heterocycles. The molecule has 1 aliphatic heterocycles. The smallest absolute Gasteiger partial charge is 0.410 e. The van der Waals surface area contributed by atoms with Crippen LogP contribution in [0.3, 0.4) is 0 Å². The third-order valence-corrected chi connectivity index (χ3v) is 3.73. The summed E-state index contributed by atoms with van der Waals surface area (Å²) >= 11 is 0. The third-order valence-electron chi connectivity index (χ3n) is 3.73. The van der Waals surface area contributed by atoms with E-state index in [1.165, 1.54) is 0 Å². The molecule has 0 aromatic carbocycles. The van der Waals surface area contributed by atoms with E-state index in [1.807, 2.05) is 34.6 Å². The van der Waals surface area contributed by atoms with Crippen molar-refractivity contribution in [3.8, 4) is 0 Å². The zero-order chi connectivity index (χ0) is 18.1. The quantitative estimate of drug-likeness (QED) is 0.917. The fraction of sp³-hybridized carbons (Fsp3) is 0.706. The van der Waals surface area contributed by atoms with E-state index < -0.39 is 5.60 Å². The van der Waals surface area contributed by atoms with Crippen LogP contribution >= 0.6 is 0 Å². The minimum atomic E-state index is -0.538. The summed E-state index contributed by atoms with van der Waals surface area (Å²) in [5.41, 5.74) is 1.69. The lowest BCUT2D eigenvalue weighted by molar-refractivity contribution is 0.0222. The number of carbonyl (C=O) groups excluding carboxylic acids is 2. The monoisotopic (exact) mass is 336 g/mol. The summed E-state index contributed by atoms with van der Waals surface area (Å²) < 4.78 is 7.05. The Hall–Kier alpha value is -2.05. The number of amides is 2. The van der Waals surface area contributed by atoms with E-state index in [0.717, 1.165) is 11.3 Å². The largest absolute Gasteiger partial charge is 0.444 e. The number of rotatable bonds is 3. The maximum absolute atomic E-state index is 12.5. The number of fused-ring (bicyclic) bond motifs is 1. The average molecular weight is 336 g/mol. The number of hydrogen-bond acceptors (Lipinski definition) is 4. The molecule has 0 unspecified atom stereocenters. The second kappa shape index (κ2) is 6.83. The van der Waals surface area contributed by atoms with Crippen molar-refractivity contribution in [2.24, 2.45) is 13.0 Å². The first-order chi connectivity index (χ1) is 11.1. The summed E-state index contributed by atoms with van der Waals surface area (Å²) in [4.78, 5) is 26.4. The van der Waals surface area contributed by atoms with Crippen LogP contribution in [0.15, 0.2) is 0 Å².